The molecule has 0 aliphatic heterocycles. The van der Waals surface area contributed by atoms with Crippen molar-refractivity contribution in [3.63, 3.8) is 0 Å². The maximum Gasteiger partial charge on any atom is 0.303 e. The van der Waals surface area contributed by atoms with Crippen molar-refractivity contribution in [3.05, 3.63) is 34.9 Å². The van der Waals surface area contributed by atoms with E-state index in [9.17, 15) is 4.79 Å². The van der Waals surface area contributed by atoms with E-state index in [1.54, 1.807) is 0 Å². The van der Waals surface area contributed by atoms with Crippen LogP contribution in [0.3, 0.4) is 0 Å². The summed E-state index contributed by atoms with van der Waals surface area (Å²) in [4.78, 5) is 10.5. The third kappa shape index (κ3) is 3.74. The van der Waals surface area contributed by atoms with E-state index >= 15 is 0 Å². The number of hydrogen-bond acceptors (Lipinski definition) is 1. The molecule has 1 aliphatic carbocycles. The van der Waals surface area contributed by atoms with Gasteiger partial charge in [-0.1, -0.05) is 23.7 Å². The molecular weight excluding hydrogens is 248 g/mol. The molecule has 1 aromatic carbocycles. The van der Waals surface area contributed by atoms with Crippen LogP contribution in [0.25, 0.3) is 0 Å². The molecule has 2 nitrogen and oxygen atoms in total. The highest BCUT2D eigenvalue weighted by Gasteiger charge is 2.22. The van der Waals surface area contributed by atoms with Crippen LogP contribution in [-0.2, 0) is 4.79 Å². The number of carbonyl (C=O) groups is 1. The summed E-state index contributed by atoms with van der Waals surface area (Å²) in [5, 5.41) is 9.47. The Labute approximate surface area is 113 Å². The zero-order chi connectivity index (χ0) is 13.0. The molecule has 1 saturated carbocycles. The second-order valence-corrected chi connectivity index (χ2v) is 5.64. The van der Waals surface area contributed by atoms with Crippen LogP contribution in [0.1, 0.15) is 50.0 Å². The third-order valence-corrected chi connectivity index (χ3v) is 4.21. The maximum absolute atomic E-state index is 10.5. The van der Waals surface area contributed by atoms with Crippen LogP contribution >= 0.6 is 11.6 Å². The number of halogens is 1. The lowest BCUT2D eigenvalue weighted by molar-refractivity contribution is -0.137. The summed E-state index contributed by atoms with van der Waals surface area (Å²) in [6, 6.07) is 8.13. The Morgan fingerprint density at radius 1 is 1.17 bits per heavy atom. The molecule has 0 unspecified atom stereocenters. The van der Waals surface area contributed by atoms with Gasteiger partial charge in [-0.2, -0.15) is 0 Å². The lowest BCUT2D eigenvalue weighted by Crippen LogP contribution is -2.14. The molecule has 18 heavy (non-hydrogen) atoms. The van der Waals surface area contributed by atoms with Gasteiger partial charge in [-0.25, -0.2) is 0 Å². The van der Waals surface area contributed by atoms with Crippen molar-refractivity contribution in [2.24, 2.45) is 5.92 Å². The molecule has 0 aromatic heterocycles. The van der Waals surface area contributed by atoms with Crippen molar-refractivity contribution >= 4 is 17.6 Å². The number of rotatable bonds is 4. The van der Waals surface area contributed by atoms with Crippen LogP contribution < -0.4 is 0 Å². The quantitative estimate of drug-likeness (QED) is 0.872. The molecule has 1 aromatic rings. The van der Waals surface area contributed by atoms with Gasteiger partial charge in [0.05, 0.1) is 0 Å². The van der Waals surface area contributed by atoms with Gasteiger partial charge in [-0.3, -0.25) is 4.79 Å². The van der Waals surface area contributed by atoms with Gasteiger partial charge in [-0.15, -0.1) is 0 Å². The van der Waals surface area contributed by atoms with Crippen molar-refractivity contribution in [1.29, 1.82) is 0 Å². The number of aliphatic carboxylic acids is 1. The summed E-state index contributed by atoms with van der Waals surface area (Å²) in [6.07, 6.45) is 5.80. The van der Waals surface area contributed by atoms with E-state index in [2.05, 4.69) is 12.1 Å². The standard InChI is InChI=1S/C15H19ClO2/c16-14-8-6-13(7-9-14)12-4-1-11(2-5-12)3-10-15(17)18/h6-9,11-12H,1-5,10H2,(H,17,18). The summed E-state index contributed by atoms with van der Waals surface area (Å²) < 4.78 is 0. The van der Waals surface area contributed by atoms with Gasteiger partial charge in [0.1, 0.15) is 0 Å². The van der Waals surface area contributed by atoms with Crippen molar-refractivity contribution in [2.75, 3.05) is 0 Å². The molecule has 3 heteroatoms. The second-order valence-electron chi connectivity index (χ2n) is 5.20. The van der Waals surface area contributed by atoms with Crippen LogP contribution in [0.4, 0.5) is 0 Å². The Hall–Kier alpha value is -1.02. The van der Waals surface area contributed by atoms with E-state index in [4.69, 9.17) is 16.7 Å². The minimum absolute atomic E-state index is 0.316. The Balaban J connectivity index is 1.83. The zero-order valence-electron chi connectivity index (χ0n) is 10.4. The van der Waals surface area contributed by atoms with E-state index in [1.807, 2.05) is 12.1 Å². The maximum atomic E-state index is 10.5. The van der Waals surface area contributed by atoms with E-state index < -0.39 is 5.97 Å². The monoisotopic (exact) mass is 266 g/mol. The third-order valence-electron chi connectivity index (χ3n) is 3.95. The van der Waals surface area contributed by atoms with Gasteiger partial charge >= 0.3 is 5.97 Å². The largest absolute Gasteiger partial charge is 0.481 e. The fraction of sp³-hybridized carbons (Fsp3) is 0.533. The van der Waals surface area contributed by atoms with Crippen molar-refractivity contribution in [2.45, 2.75) is 44.4 Å². The fourth-order valence-electron chi connectivity index (χ4n) is 2.85. The van der Waals surface area contributed by atoms with Crippen LogP contribution in [0.5, 0.6) is 0 Å². The van der Waals surface area contributed by atoms with Crippen LogP contribution in [0, 0.1) is 5.92 Å². The van der Waals surface area contributed by atoms with Gasteiger partial charge in [0.25, 0.3) is 0 Å². The number of hydrogen-bond donors (Lipinski definition) is 1. The first kappa shape index (κ1) is 13.4. The van der Waals surface area contributed by atoms with E-state index in [0.29, 0.717) is 18.3 Å². The lowest BCUT2D eigenvalue weighted by atomic mass is 9.77. The molecule has 0 saturated heterocycles. The molecule has 0 radical (unpaired) electrons. The van der Waals surface area contributed by atoms with Gasteiger partial charge in [0, 0.05) is 11.4 Å². The van der Waals surface area contributed by atoms with Gasteiger partial charge < -0.3 is 5.11 Å². The molecular formula is C15H19ClO2. The molecule has 1 aliphatic rings. The molecule has 1 N–H and O–H groups in total. The Kier molecular flexibility index (Phi) is 4.65. The smallest absolute Gasteiger partial charge is 0.303 e. The summed E-state index contributed by atoms with van der Waals surface area (Å²) in [5.74, 6) is 0.558. The Morgan fingerprint density at radius 2 is 1.78 bits per heavy atom. The summed E-state index contributed by atoms with van der Waals surface area (Å²) in [7, 11) is 0. The molecule has 0 heterocycles. The lowest BCUT2D eigenvalue weighted by Gasteiger charge is -2.28. The number of benzene rings is 1. The highest BCUT2D eigenvalue weighted by molar-refractivity contribution is 6.30. The summed E-state index contributed by atoms with van der Waals surface area (Å²) in [6.45, 7) is 0. The first-order valence-corrected chi connectivity index (χ1v) is 7.00. The molecule has 0 amide bonds. The van der Waals surface area contributed by atoms with E-state index in [0.717, 1.165) is 24.3 Å². The van der Waals surface area contributed by atoms with E-state index in [1.165, 1.54) is 18.4 Å². The predicted molar refractivity (Wildman–Crippen MR) is 73.0 cm³/mol. The predicted octanol–water partition coefficient (Wildman–Crippen LogP) is 4.48. The van der Waals surface area contributed by atoms with Gasteiger partial charge in [-0.05, 0) is 61.6 Å². The first-order chi connectivity index (χ1) is 8.65. The van der Waals surface area contributed by atoms with Gasteiger partial charge in [0.2, 0.25) is 0 Å². The summed E-state index contributed by atoms with van der Waals surface area (Å²) >= 11 is 5.89. The summed E-state index contributed by atoms with van der Waals surface area (Å²) in [5.41, 5.74) is 1.37. The Morgan fingerprint density at radius 3 is 2.33 bits per heavy atom. The molecule has 1 fully saturated rings. The second kappa shape index (κ2) is 6.24. The van der Waals surface area contributed by atoms with Gasteiger partial charge in [0.15, 0.2) is 0 Å². The first-order valence-electron chi connectivity index (χ1n) is 6.62. The molecule has 0 bridgehead atoms. The van der Waals surface area contributed by atoms with Crippen molar-refractivity contribution < 1.29 is 9.90 Å². The minimum Gasteiger partial charge on any atom is -0.481 e. The average Bonchev–Trinajstić information content (AvgIpc) is 2.38. The zero-order valence-corrected chi connectivity index (χ0v) is 11.2. The highest BCUT2D eigenvalue weighted by atomic mass is 35.5. The van der Waals surface area contributed by atoms with Crippen LogP contribution in [-0.4, -0.2) is 11.1 Å². The van der Waals surface area contributed by atoms with Crippen LogP contribution in [0.15, 0.2) is 24.3 Å². The minimum atomic E-state index is -0.671. The van der Waals surface area contributed by atoms with Crippen LogP contribution in [0.2, 0.25) is 5.02 Å². The molecule has 98 valence electrons. The number of carboxylic acid groups (broad SMARTS) is 1. The Bertz CT molecular complexity index is 391. The highest BCUT2D eigenvalue weighted by Crippen LogP contribution is 2.37. The molecule has 2 rings (SSSR count). The fourth-order valence-corrected chi connectivity index (χ4v) is 2.97. The van der Waals surface area contributed by atoms with E-state index in [-0.39, 0.29) is 0 Å². The molecule has 0 atom stereocenters. The van der Waals surface area contributed by atoms with Crippen molar-refractivity contribution in [3.8, 4) is 0 Å². The SMILES string of the molecule is O=C(O)CCC1CCC(c2ccc(Cl)cc2)CC1. The average molecular weight is 267 g/mol. The van der Waals surface area contributed by atoms with Crippen molar-refractivity contribution in [1.82, 2.24) is 0 Å². The molecule has 0 spiro atoms. The normalized spacial score (nSPS) is 23.8. The number of carboxylic acids is 1. The topological polar surface area (TPSA) is 37.3 Å².